The lowest BCUT2D eigenvalue weighted by Gasteiger charge is -2.21. The number of aryl methyl sites for hydroxylation is 1. The van der Waals surface area contributed by atoms with Crippen molar-refractivity contribution in [3.05, 3.63) is 108 Å². The van der Waals surface area contributed by atoms with Crippen LogP contribution < -0.4 is 16.4 Å². The summed E-state index contributed by atoms with van der Waals surface area (Å²) in [6, 6.07) is 14.9. The number of rotatable bonds is 5. The molecule has 0 aliphatic carbocycles. The lowest BCUT2D eigenvalue weighted by Crippen LogP contribution is -2.27. The van der Waals surface area contributed by atoms with E-state index in [1.54, 1.807) is 43.5 Å². The molecular weight excluding hydrogens is 538 g/mol. The smallest absolute Gasteiger partial charge is 0.412 e. The third-order valence-electron chi connectivity index (χ3n) is 6.48. The number of nitrogens with one attached hydrogen (secondary N) is 2. The number of benzene rings is 2. The molecule has 4 aromatic rings. The van der Waals surface area contributed by atoms with Gasteiger partial charge in [-0.2, -0.15) is 0 Å². The second kappa shape index (κ2) is 10.2. The van der Waals surface area contributed by atoms with Crippen LogP contribution in [0.2, 0.25) is 5.02 Å². The molecule has 2 N–H and O–H groups in total. The molecule has 0 saturated carbocycles. The number of H-pyrrole nitrogens is 1. The number of fused-ring (bicyclic) bond motifs is 1. The molecule has 206 valence electrons. The van der Waals surface area contributed by atoms with Gasteiger partial charge in [-0.25, -0.2) is 9.48 Å². The van der Waals surface area contributed by atoms with Gasteiger partial charge in [-0.05, 0) is 75.6 Å². The molecule has 2 aromatic carbocycles. The Balaban J connectivity index is 1.47. The maximum absolute atomic E-state index is 13.4. The maximum atomic E-state index is 13.4. The number of nitro benzene ring substituents is 1. The molecule has 1 aliphatic heterocycles. The standard InChI is InChI=1S/C28H26ClN5O6/c1-28(2,3)40-27(37)30-22-10-4-17(29)14-21(22)16-12-20-9-11-24(32(20)25(35)13-16)23-15-26(36)33(31-23)18-5-7-19(8-6-18)34(38)39/h4-8,10,12-15,24,31H,9,11H2,1-3H3,(H,30,37)/t24-/m0/s1. The van der Waals surface area contributed by atoms with E-state index in [4.69, 9.17) is 16.3 Å². The Bertz CT molecular complexity index is 1750. The van der Waals surface area contributed by atoms with Crippen molar-refractivity contribution in [2.75, 3.05) is 5.32 Å². The molecule has 0 radical (unpaired) electrons. The van der Waals surface area contributed by atoms with Crippen molar-refractivity contribution in [2.45, 2.75) is 45.3 Å². The number of carbonyl (C=O) groups is 1. The lowest BCUT2D eigenvalue weighted by atomic mass is 10.0. The first-order valence-corrected chi connectivity index (χ1v) is 12.9. The lowest BCUT2D eigenvalue weighted by molar-refractivity contribution is -0.384. The number of nitro groups is 1. The van der Waals surface area contributed by atoms with Crippen molar-refractivity contribution >= 4 is 29.1 Å². The Labute approximate surface area is 233 Å². The van der Waals surface area contributed by atoms with Crippen LogP contribution in [-0.4, -0.2) is 31.0 Å². The van der Waals surface area contributed by atoms with E-state index < -0.39 is 22.7 Å². The number of carbonyl (C=O) groups excluding carboxylic acids is 1. The topological polar surface area (TPSA) is 141 Å². The predicted molar refractivity (Wildman–Crippen MR) is 151 cm³/mol. The molecule has 1 amide bonds. The van der Waals surface area contributed by atoms with Gasteiger partial charge in [-0.1, -0.05) is 11.6 Å². The Kier molecular flexibility index (Phi) is 6.84. The number of amides is 1. The van der Waals surface area contributed by atoms with E-state index in [2.05, 4.69) is 10.4 Å². The van der Waals surface area contributed by atoms with E-state index in [0.717, 1.165) is 5.69 Å². The molecule has 0 bridgehead atoms. The van der Waals surface area contributed by atoms with Crippen LogP contribution in [0.15, 0.2) is 70.3 Å². The summed E-state index contributed by atoms with van der Waals surface area (Å²) in [7, 11) is 0. The van der Waals surface area contributed by atoms with Crippen LogP contribution >= 0.6 is 11.6 Å². The number of pyridine rings is 1. The molecule has 3 heterocycles. The zero-order valence-electron chi connectivity index (χ0n) is 21.9. The summed E-state index contributed by atoms with van der Waals surface area (Å²) >= 11 is 6.27. The van der Waals surface area contributed by atoms with Gasteiger partial charge in [0, 0.05) is 40.5 Å². The summed E-state index contributed by atoms with van der Waals surface area (Å²) in [4.78, 5) is 49.0. The SMILES string of the molecule is CC(C)(C)OC(=O)Nc1ccc(Cl)cc1-c1cc2n(c(=O)c1)[C@H](c1cc(=O)n(-c3ccc([N+](=O)[O-])cc3)[nH]1)CC2. The Morgan fingerprint density at radius 2 is 1.80 bits per heavy atom. The minimum absolute atomic E-state index is 0.0835. The summed E-state index contributed by atoms with van der Waals surface area (Å²) in [5.74, 6) is 0. The number of anilines is 1. The molecule has 5 rings (SSSR count). The van der Waals surface area contributed by atoms with Crippen molar-refractivity contribution in [1.82, 2.24) is 14.3 Å². The largest absolute Gasteiger partial charge is 0.444 e. The van der Waals surface area contributed by atoms with Crippen LogP contribution in [0.4, 0.5) is 16.2 Å². The van der Waals surface area contributed by atoms with Crippen molar-refractivity contribution in [1.29, 1.82) is 0 Å². The number of hydrogen-bond donors (Lipinski definition) is 2. The predicted octanol–water partition coefficient (Wildman–Crippen LogP) is 5.44. The van der Waals surface area contributed by atoms with Gasteiger partial charge in [-0.3, -0.25) is 30.1 Å². The Morgan fingerprint density at radius 3 is 2.48 bits per heavy atom. The molecule has 0 fully saturated rings. The highest BCUT2D eigenvalue weighted by Crippen LogP contribution is 2.35. The van der Waals surface area contributed by atoms with E-state index in [0.29, 0.717) is 46.1 Å². The van der Waals surface area contributed by atoms with Gasteiger partial charge in [-0.15, -0.1) is 0 Å². The summed E-state index contributed by atoms with van der Waals surface area (Å²) in [6.45, 7) is 5.29. The van der Waals surface area contributed by atoms with E-state index in [9.17, 15) is 24.5 Å². The minimum atomic E-state index is -0.684. The van der Waals surface area contributed by atoms with Gasteiger partial charge < -0.3 is 9.30 Å². The number of non-ortho nitro benzene ring substituents is 1. The summed E-state index contributed by atoms with van der Waals surface area (Å²) in [6.07, 6.45) is 0.529. The molecule has 12 heteroatoms. The second-order valence-electron chi connectivity index (χ2n) is 10.5. The van der Waals surface area contributed by atoms with Gasteiger partial charge in [0.15, 0.2) is 0 Å². The van der Waals surface area contributed by atoms with Crippen molar-refractivity contribution in [2.24, 2.45) is 0 Å². The Morgan fingerprint density at radius 1 is 1.07 bits per heavy atom. The quantitative estimate of drug-likeness (QED) is 0.245. The fourth-order valence-electron chi connectivity index (χ4n) is 4.82. The normalized spacial score (nSPS) is 14.6. The van der Waals surface area contributed by atoms with Gasteiger partial charge in [0.05, 0.1) is 28.0 Å². The van der Waals surface area contributed by atoms with E-state index >= 15 is 0 Å². The van der Waals surface area contributed by atoms with Crippen molar-refractivity contribution in [3.63, 3.8) is 0 Å². The van der Waals surface area contributed by atoms with Gasteiger partial charge in [0.2, 0.25) is 0 Å². The zero-order chi connectivity index (χ0) is 28.8. The van der Waals surface area contributed by atoms with E-state index in [1.165, 1.54) is 41.1 Å². The van der Waals surface area contributed by atoms with Gasteiger partial charge >= 0.3 is 6.09 Å². The molecule has 11 nitrogen and oxygen atoms in total. The molecule has 0 unspecified atom stereocenters. The molecule has 1 aliphatic rings. The van der Waals surface area contributed by atoms with Crippen LogP contribution in [0.3, 0.4) is 0 Å². The molecule has 40 heavy (non-hydrogen) atoms. The van der Waals surface area contributed by atoms with Gasteiger partial charge in [0.25, 0.3) is 16.8 Å². The fourth-order valence-corrected chi connectivity index (χ4v) is 4.99. The van der Waals surface area contributed by atoms with Crippen LogP contribution in [0, 0.1) is 10.1 Å². The third kappa shape index (κ3) is 5.41. The average Bonchev–Trinajstić information content (AvgIpc) is 3.47. The average molecular weight is 564 g/mol. The highest BCUT2D eigenvalue weighted by atomic mass is 35.5. The number of hydrogen-bond acceptors (Lipinski definition) is 6. The molecule has 1 atom stereocenters. The number of aromatic amines is 1. The van der Waals surface area contributed by atoms with E-state index in [-0.39, 0.29) is 16.8 Å². The molecular formula is C28H26ClN5O6. The minimum Gasteiger partial charge on any atom is -0.444 e. The highest BCUT2D eigenvalue weighted by molar-refractivity contribution is 6.31. The van der Waals surface area contributed by atoms with Gasteiger partial charge in [0.1, 0.15) is 5.60 Å². The molecule has 0 saturated heterocycles. The molecule has 0 spiro atoms. The summed E-state index contributed by atoms with van der Waals surface area (Å²) in [5.41, 5.74) is 1.96. The van der Waals surface area contributed by atoms with Crippen LogP contribution in [0.5, 0.6) is 0 Å². The fraction of sp³-hybridized carbons (Fsp3) is 0.250. The zero-order valence-corrected chi connectivity index (χ0v) is 22.7. The number of nitrogens with zero attached hydrogens (tertiary/aromatic N) is 3. The summed E-state index contributed by atoms with van der Waals surface area (Å²) < 4.78 is 8.30. The molecule has 2 aromatic heterocycles. The van der Waals surface area contributed by atoms with Crippen molar-refractivity contribution < 1.29 is 14.5 Å². The van der Waals surface area contributed by atoms with Crippen LogP contribution in [0.1, 0.15) is 44.6 Å². The number of ether oxygens (including phenoxy) is 1. The third-order valence-corrected chi connectivity index (χ3v) is 6.71. The first-order chi connectivity index (χ1) is 18.9. The number of halogens is 1. The first kappa shape index (κ1) is 26.9. The van der Waals surface area contributed by atoms with Crippen molar-refractivity contribution in [3.8, 4) is 16.8 Å². The maximum Gasteiger partial charge on any atom is 0.412 e. The van der Waals surface area contributed by atoms with Crippen LogP contribution in [0.25, 0.3) is 16.8 Å². The van der Waals surface area contributed by atoms with E-state index in [1.807, 2.05) is 6.07 Å². The summed E-state index contributed by atoms with van der Waals surface area (Å²) in [5, 5.41) is 17.2. The highest BCUT2D eigenvalue weighted by Gasteiger charge is 2.28. The Hall–Kier alpha value is -4.64. The monoisotopic (exact) mass is 563 g/mol. The number of aromatic nitrogens is 3. The van der Waals surface area contributed by atoms with Crippen LogP contribution in [-0.2, 0) is 11.2 Å². The second-order valence-corrected chi connectivity index (χ2v) is 10.9. The first-order valence-electron chi connectivity index (χ1n) is 12.5.